The predicted octanol–water partition coefficient (Wildman–Crippen LogP) is 0.155. The molecule has 0 aromatic heterocycles. The first-order chi connectivity index (χ1) is 29.0. The fraction of sp³-hybridized carbons (Fsp3) is 0.956. The summed E-state index contributed by atoms with van der Waals surface area (Å²) < 4.78 is 36.8. The zero-order valence-electron chi connectivity index (χ0n) is 36.3. The first-order valence-electron chi connectivity index (χ1n) is 23.4. The molecular weight excluding hydrogens is 794 g/mol. The standard InChI is InChI=1S/C45H73NO15/c1-19-6-9-27-20(2)31-28(46(27)16-19)15-26-24-8-7-22-14-23(10-12-44(22,4)25(24)11-13-45(26,31)5)57-43-40(61-41-37(54)35(52)32(49)21(3)56-41)39(34(51)30(18-48)59-43)60-42-38(55)36(53)33(50)29(17-47)58-42/h7,19-21,23-43,47-55H,6,8-18H2,1-5H3/t19-,20+,21-,23-,24+,25-,26-,27+,28-,29+,30+,31-,32-,33+,34-,35+,36-,37+,38+,39-,40+,41+,42-,43+,44-,45-/m0/s1. The molecule has 9 rings (SSSR count). The van der Waals surface area contributed by atoms with Crippen LogP contribution in [0.4, 0.5) is 0 Å². The van der Waals surface area contributed by atoms with Gasteiger partial charge in [0.2, 0.25) is 0 Å². The summed E-state index contributed by atoms with van der Waals surface area (Å²) in [6, 6.07) is 1.43. The Kier molecular flexibility index (Phi) is 12.7. The summed E-state index contributed by atoms with van der Waals surface area (Å²) >= 11 is 0. The molecule has 0 bridgehead atoms. The highest BCUT2D eigenvalue weighted by atomic mass is 16.8. The van der Waals surface area contributed by atoms with Crippen LogP contribution in [0.25, 0.3) is 0 Å². The molecule has 4 aliphatic carbocycles. The molecule has 5 saturated heterocycles. The van der Waals surface area contributed by atoms with Crippen LogP contribution in [0.2, 0.25) is 0 Å². The van der Waals surface area contributed by atoms with Crippen molar-refractivity contribution < 1.29 is 74.4 Å². The van der Waals surface area contributed by atoms with Gasteiger partial charge in [0.25, 0.3) is 0 Å². The number of hydrogen-bond donors (Lipinski definition) is 9. The second-order valence-corrected chi connectivity index (χ2v) is 21.2. The third-order valence-corrected chi connectivity index (χ3v) is 18.0. The molecule has 5 heterocycles. The van der Waals surface area contributed by atoms with Gasteiger partial charge in [-0.2, -0.15) is 0 Å². The van der Waals surface area contributed by atoms with Crippen LogP contribution in [-0.4, -0.2) is 181 Å². The smallest absolute Gasteiger partial charge is 0.187 e. The topological polar surface area (TPSA) is 241 Å². The summed E-state index contributed by atoms with van der Waals surface area (Å²) in [5.74, 6) is 4.15. The Labute approximate surface area is 359 Å². The predicted molar refractivity (Wildman–Crippen MR) is 215 cm³/mol. The molecular formula is C45H73NO15. The van der Waals surface area contributed by atoms with Crippen LogP contribution < -0.4 is 0 Å². The highest BCUT2D eigenvalue weighted by Crippen LogP contribution is 2.70. The molecule has 3 saturated carbocycles. The first-order valence-corrected chi connectivity index (χ1v) is 23.4. The van der Waals surface area contributed by atoms with Crippen molar-refractivity contribution in [3.05, 3.63) is 11.6 Å². The molecule has 61 heavy (non-hydrogen) atoms. The Hall–Kier alpha value is -0.900. The number of aliphatic hydroxyl groups is 9. The number of piperidine rings is 1. The van der Waals surface area contributed by atoms with Crippen molar-refractivity contribution in [1.82, 2.24) is 4.90 Å². The van der Waals surface area contributed by atoms with Crippen LogP contribution in [0, 0.1) is 46.3 Å². The number of nitrogens with zero attached hydrogens (tertiary/aromatic N) is 1. The normalized spacial score (nSPS) is 57.3. The summed E-state index contributed by atoms with van der Waals surface area (Å²) in [6.45, 7) is 11.4. The van der Waals surface area contributed by atoms with Gasteiger partial charge in [0.05, 0.1) is 25.4 Å². The van der Waals surface area contributed by atoms with E-state index in [0.29, 0.717) is 42.1 Å². The van der Waals surface area contributed by atoms with E-state index < -0.39 is 105 Å². The second-order valence-electron chi connectivity index (χ2n) is 21.2. The Morgan fingerprint density at radius 3 is 2.05 bits per heavy atom. The average molecular weight is 868 g/mol. The van der Waals surface area contributed by atoms with Gasteiger partial charge in [0.1, 0.15) is 67.1 Å². The van der Waals surface area contributed by atoms with Crippen LogP contribution >= 0.6 is 0 Å². The molecule has 9 N–H and O–H groups in total. The van der Waals surface area contributed by atoms with E-state index in [0.717, 1.165) is 36.6 Å². The van der Waals surface area contributed by atoms with Gasteiger partial charge in [-0.05, 0) is 111 Å². The number of hydrogen-bond acceptors (Lipinski definition) is 16. The third-order valence-electron chi connectivity index (χ3n) is 18.0. The second kappa shape index (κ2) is 17.1. The maximum absolute atomic E-state index is 11.6. The number of ether oxygens (including phenoxy) is 6. The van der Waals surface area contributed by atoms with Gasteiger partial charge in [-0.3, -0.25) is 4.90 Å². The molecule has 16 nitrogen and oxygen atoms in total. The summed E-state index contributed by atoms with van der Waals surface area (Å²) in [5.41, 5.74) is 1.72. The number of rotatable bonds is 8. The minimum atomic E-state index is -1.83. The van der Waals surface area contributed by atoms with Gasteiger partial charge in [-0.25, -0.2) is 0 Å². The monoisotopic (exact) mass is 867 g/mol. The lowest BCUT2D eigenvalue weighted by Gasteiger charge is -2.58. The number of aliphatic hydroxyl groups excluding tert-OH is 9. The fourth-order valence-corrected chi connectivity index (χ4v) is 14.7. The van der Waals surface area contributed by atoms with E-state index in [2.05, 4.69) is 38.7 Å². The zero-order chi connectivity index (χ0) is 43.4. The minimum absolute atomic E-state index is 0.00462. The fourth-order valence-electron chi connectivity index (χ4n) is 14.7. The zero-order valence-corrected chi connectivity index (χ0v) is 36.3. The van der Waals surface area contributed by atoms with E-state index >= 15 is 0 Å². The van der Waals surface area contributed by atoms with Crippen molar-refractivity contribution in [2.24, 2.45) is 46.3 Å². The van der Waals surface area contributed by atoms with E-state index in [9.17, 15) is 46.0 Å². The Morgan fingerprint density at radius 1 is 0.672 bits per heavy atom. The minimum Gasteiger partial charge on any atom is -0.394 e. The van der Waals surface area contributed by atoms with Crippen molar-refractivity contribution in [2.45, 2.75) is 203 Å². The molecule has 5 aliphatic heterocycles. The lowest BCUT2D eigenvalue weighted by Crippen LogP contribution is -2.67. The van der Waals surface area contributed by atoms with Crippen molar-refractivity contribution in [3.8, 4) is 0 Å². The Bertz CT molecular complexity index is 1590. The van der Waals surface area contributed by atoms with Crippen LogP contribution in [0.1, 0.15) is 92.4 Å². The van der Waals surface area contributed by atoms with E-state index in [4.69, 9.17) is 28.4 Å². The number of allylic oxidation sites excluding steroid dienone is 1. The van der Waals surface area contributed by atoms with Crippen LogP contribution in [0.5, 0.6) is 0 Å². The van der Waals surface area contributed by atoms with Gasteiger partial charge >= 0.3 is 0 Å². The van der Waals surface area contributed by atoms with Crippen LogP contribution in [-0.2, 0) is 28.4 Å². The highest BCUT2D eigenvalue weighted by molar-refractivity contribution is 5.27. The molecule has 26 atom stereocenters. The van der Waals surface area contributed by atoms with Gasteiger partial charge in [0, 0.05) is 18.6 Å². The molecule has 0 spiro atoms. The highest BCUT2D eigenvalue weighted by Gasteiger charge is 2.66. The molecule has 0 radical (unpaired) electrons. The summed E-state index contributed by atoms with van der Waals surface area (Å²) in [5, 5.41) is 95.8. The average Bonchev–Trinajstić information content (AvgIpc) is 3.71. The maximum Gasteiger partial charge on any atom is 0.187 e. The maximum atomic E-state index is 11.6. The van der Waals surface area contributed by atoms with Crippen LogP contribution in [0.3, 0.4) is 0 Å². The molecule has 348 valence electrons. The third kappa shape index (κ3) is 7.42. The van der Waals surface area contributed by atoms with E-state index in [1.165, 1.54) is 51.1 Å². The van der Waals surface area contributed by atoms with Crippen molar-refractivity contribution >= 4 is 0 Å². The summed E-state index contributed by atoms with van der Waals surface area (Å²) in [7, 11) is 0. The van der Waals surface area contributed by atoms with Crippen molar-refractivity contribution in [1.29, 1.82) is 0 Å². The molecule has 16 heteroatoms. The quantitative estimate of drug-likeness (QED) is 0.148. The molecule has 0 unspecified atom stereocenters. The Morgan fingerprint density at radius 2 is 1.33 bits per heavy atom. The number of fused-ring (bicyclic) bond motifs is 9. The largest absolute Gasteiger partial charge is 0.394 e. The first kappa shape index (κ1) is 45.3. The van der Waals surface area contributed by atoms with Gasteiger partial charge in [0.15, 0.2) is 18.9 Å². The van der Waals surface area contributed by atoms with Crippen LogP contribution in [0.15, 0.2) is 11.6 Å². The Balaban J connectivity index is 0.952. The van der Waals surface area contributed by atoms with Crippen molar-refractivity contribution in [3.63, 3.8) is 0 Å². The van der Waals surface area contributed by atoms with E-state index in [-0.39, 0.29) is 11.5 Å². The van der Waals surface area contributed by atoms with E-state index in [1.807, 2.05) is 0 Å². The van der Waals surface area contributed by atoms with Gasteiger partial charge in [-0.15, -0.1) is 0 Å². The lowest BCUT2D eigenvalue weighted by molar-refractivity contribution is -0.394. The molecule has 0 amide bonds. The SMILES string of the molecule is C[C@H]1CC[C@@H]2[C@@H](C)[C@H]3[C@H](C[C@H]4[C@@H]5CC=C6C[C@@H](O[C@@H]7O[C@H](CO)[C@H](O)[C@H](O[C@@H]8O[C@H](CO)[C@@H](O)[C@H](O)[C@H]8O)[C@H]7O[C@H]7O[C@@H](C)[C@H](O)[C@@H](O)[C@H]7O)CC[C@]6(C)[C@H]5CC[C@]34C)N2C1. The van der Waals surface area contributed by atoms with E-state index in [1.54, 1.807) is 0 Å². The summed E-state index contributed by atoms with van der Waals surface area (Å²) in [4.78, 5) is 2.94. The molecule has 9 aliphatic rings. The van der Waals surface area contributed by atoms with Crippen molar-refractivity contribution in [2.75, 3.05) is 19.8 Å². The molecule has 0 aromatic carbocycles. The lowest BCUT2D eigenvalue weighted by atomic mass is 9.47. The molecule has 0 aromatic rings. The summed E-state index contributed by atoms with van der Waals surface area (Å²) in [6.07, 6.45) is -11.1. The van der Waals surface area contributed by atoms with Gasteiger partial charge in [-0.1, -0.05) is 39.3 Å². The van der Waals surface area contributed by atoms with Gasteiger partial charge < -0.3 is 74.4 Å². The molecule has 8 fully saturated rings.